The molecule has 1 aliphatic rings. The molecule has 1 aromatic heterocycles. The largest absolute Gasteiger partial charge is 0.346 e. The fraction of sp³-hybridized carbons (Fsp3) is 0.615. The number of imidazole rings is 1. The van der Waals surface area contributed by atoms with Gasteiger partial charge in [0, 0.05) is 25.5 Å². The first kappa shape index (κ1) is 14.5. The highest BCUT2D eigenvalue weighted by Gasteiger charge is 2.23. The summed E-state index contributed by atoms with van der Waals surface area (Å²) in [6.07, 6.45) is 3.63. The third-order valence-electron chi connectivity index (χ3n) is 3.53. The Morgan fingerprint density at radius 2 is 2.20 bits per heavy atom. The molecule has 20 heavy (non-hydrogen) atoms. The Hall–Kier alpha value is -1.89. The number of hydrogen-bond acceptors (Lipinski definition) is 4. The zero-order valence-corrected chi connectivity index (χ0v) is 11.9. The van der Waals surface area contributed by atoms with Crippen molar-refractivity contribution in [3.63, 3.8) is 0 Å². The summed E-state index contributed by atoms with van der Waals surface area (Å²) in [4.78, 5) is 29.7. The van der Waals surface area contributed by atoms with Crippen LogP contribution < -0.4 is 11.1 Å². The van der Waals surface area contributed by atoms with Crippen LogP contribution in [0.4, 0.5) is 0 Å². The van der Waals surface area contributed by atoms with Gasteiger partial charge in [-0.25, -0.2) is 4.98 Å². The first-order valence-electron chi connectivity index (χ1n) is 6.80. The van der Waals surface area contributed by atoms with Crippen molar-refractivity contribution in [2.24, 2.45) is 11.7 Å². The molecule has 0 spiro atoms. The molecule has 2 rings (SSSR count). The maximum absolute atomic E-state index is 12.1. The first-order chi connectivity index (χ1) is 9.49. The number of fused-ring (bicyclic) bond motifs is 1. The van der Waals surface area contributed by atoms with Gasteiger partial charge in [-0.05, 0) is 5.92 Å². The van der Waals surface area contributed by atoms with Gasteiger partial charge in [0.05, 0.1) is 19.1 Å². The van der Waals surface area contributed by atoms with Crippen molar-refractivity contribution in [1.82, 2.24) is 19.8 Å². The lowest BCUT2D eigenvalue weighted by Gasteiger charge is -2.28. The predicted octanol–water partition coefficient (Wildman–Crippen LogP) is -0.675. The molecule has 2 heterocycles. The molecule has 7 heteroatoms. The van der Waals surface area contributed by atoms with Gasteiger partial charge in [0.25, 0.3) is 0 Å². The van der Waals surface area contributed by atoms with Crippen LogP contribution in [0.25, 0.3) is 0 Å². The third-order valence-corrected chi connectivity index (χ3v) is 3.53. The van der Waals surface area contributed by atoms with E-state index in [1.165, 1.54) is 0 Å². The molecule has 1 aromatic rings. The summed E-state index contributed by atoms with van der Waals surface area (Å²) < 4.78 is 2.02. The molecule has 2 amide bonds. The zero-order chi connectivity index (χ0) is 14.7. The average molecular weight is 279 g/mol. The normalized spacial score (nSPS) is 15.9. The average Bonchev–Trinajstić information content (AvgIpc) is 2.90. The maximum Gasteiger partial charge on any atom is 0.242 e. The van der Waals surface area contributed by atoms with Crippen molar-refractivity contribution in [3.05, 3.63) is 18.2 Å². The van der Waals surface area contributed by atoms with Crippen molar-refractivity contribution in [1.29, 1.82) is 0 Å². The summed E-state index contributed by atoms with van der Waals surface area (Å²) in [5.74, 6) is 0.526. The molecule has 0 radical (unpaired) electrons. The van der Waals surface area contributed by atoms with E-state index in [-0.39, 0.29) is 24.3 Å². The van der Waals surface area contributed by atoms with Gasteiger partial charge in [-0.2, -0.15) is 0 Å². The smallest absolute Gasteiger partial charge is 0.242 e. The van der Waals surface area contributed by atoms with E-state index in [0.717, 1.165) is 12.4 Å². The van der Waals surface area contributed by atoms with E-state index in [9.17, 15) is 9.59 Å². The minimum atomic E-state index is -0.581. The molecule has 1 aliphatic heterocycles. The molecule has 3 N–H and O–H groups in total. The van der Waals surface area contributed by atoms with E-state index in [0.29, 0.717) is 13.1 Å². The van der Waals surface area contributed by atoms with E-state index in [1.54, 1.807) is 11.1 Å². The van der Waals surface area contributed by atoms with E-state index in [2.05, 4.69) is 10.3 Å². The van der Waals surface area contributed by atoms with Gasteiger partial charge in [-0.15, -0.1) is 0 Å². The quantitative estimate of drug-likeness (QED) is 0.764. The van der Waals surface area contributed by atoms with Gasteiger partial charge in [-0.3, -0.25) is 9.59 Å². The van der Waals surface area contributed by atoms with E-state index in [1.807, 2.05) is 24.6 Å². The zero-order valence-electron chi connectivity index (χ0n) is 11.9. The number of nitrogens with zero attached hydrogens (tertiary/aromatic N) is 3. The molecular formula is C13H21N5O2. The van der Waals surface area contributed by atoms with E-state index in [4.69, 9.17) is 5.73 Å². The van der Waals surface area contributed by atoms with Crippen LogP contribution in [0.5, 0.6) is 0 Å². The van der Waals surface area contributed by atoms with Crippen LogP contribution >= 0.6 is 0 Å². The van der Waals surface area contributed by atoms with Gasteiger partial charge < -0.3 is 20.5 Å². The number of rotatable bonds is 4. The fourth-order valence-corrected chi connectivity index (χ4v) is 2.08. The van der Waals surface area contributed by atoms with Crippen molar-refractivity contribution in [2.75, 3.05) is 13.1 Å². The number of hydrogen-bond donors (Lipinski definition) is 2. The van der Waals surface area contributed by atoms with Crippen LogP contribution in [0, 0.1) is 5.92 Å². The summed E-state index contributed by atoms with van der Waals surface area (Å²) in [6.45, 7) is 5.58. The molecule has 0 aromatic carbocycles. The molecule has 0 bridgehead atoms. The monoisotopic (exact) mass is 279 g/mol. The van der Waals surface area contributed by atoms with Gasteiger partial charge in [0.2, 0.25) is 11.8 Å². The van der Waals surface area contributed by atoms with Gasteiger partial charge in [0.1, 0.15) is 5.82 Å². The molecule has 110 valence electrons. The highest BCUT2D eigenvalue weighted by atomic mass is 16.2. The van der Waals surface area contributed by atoms with Gasteiger partial charge >= 0.3 is 0 Å². The summed E-state index contributed by atoms with van der Waals surface area (Å²) in [7, 11) is 0. The number of nitrogens with one attached hydrogen (secondary N) is 1. The van der Waals surface area contributed by atoms with Crippen molar-refractivity contribution >= 4 is 11.8 Å². The topological polar surface area (TPSA) is 93.2 Å². The van der Waals surface area contributed by atoms with Crippen molar-refractivity contribution in [2.45, 2.75) is 33.0 Å². The van der Waals surface area contributed by atoms with Crippen LogP contribution in [0.15, 0.2) is 12.4 Å². The Balaban J connectivity index is 1.83. The lowest BCUT2D eigenvalue weighted by molar-refractivity contribution is -0.134. The summed E-state index contributed by atoms with van der Waals surface area (Å²) >= 11 is 0. The summed E-state index contributed by atoms with van der Waals surface area (Å²) in [5.41, 5.74) is 5.72. The number of nitrogens with two attached hydrogens (primary N) is 1. The molecule has 1 atom stereocenters. The number of carbonyl (C=O) groups is 2. The Morgan fingerprint density at radius 3 is 2.90 bits per heavy atom. The van der Waals surface area contributed by atoms with Crippen LogP contribution in [-0.4, -0.2) is 45.4 Å². The molecular weight excluding hydrogens is 258 g/mol. The van der Waals surface area contributed by atoms with Crippen LogP contribution in [0.2, 0.25) is 0 Å². The Bertz CT molecular complexity index is 497. The lowest BCUT2D eigenvalue weighted by atomic mass is 10.1. The Kier molecular flexibility index (Phi) is 4.39. The van der Waals surface area contributed by atoms with Crippen LogP contribution in [0.3, 0.4) is 0 Å². The first-order valence-corrected chi connectivity index (χ1v) is 6.80. The van der Waals surface area contributed by atoms with E-state index >= 15 is 0 Å². The van der Waals surface area contributed by atoms with Gasteiger partial charge in [-0.1, -0.05) is 13.8 Å². The van der Waals surface area contributed by atoms with Crippen molar-refractivity contribution in [3.8, 4) is 0 Å². The molecule has 0 aliphatic carbocycles. The lowest BCUT2D eigenvalue weighted by Crippen LogP contribution is -2.49. The molecule has 0 fully saturated rings. The standard InChI is InChI=1S/C13H21N5O2/c1-9(2)12(14)13(20)16-7-11(19)18-6-5-17-4-3-15-10(17)8-18/h3-4,9,12H,5-8,14H2,1-2H3,(H,16,20)/t12-/m0/s1. The minimum Gasteiger partial charge on any atom is -0.346 e. The molecule has 0 saturated heterocycles. The maximum atomic E-state index is 12.1. The van der Waals surface area contributed by atoms with Gasteiger partial charge in [0.15, 0.2) is 0 Å². The predicted molar refractivity (Wildman–Crippen MR) is 73.5 cm³/mol. The number of amides is 2. The SMILES string of the molecule is CC(C)[C@H](N)C(=O)NCC(=O)N1CCn2ccnc2C1. The summed E-state index contributed by atoms with van der Waals surface area (Å²) in [6, 6.07) is -0.581. The fourth-order valence-electron chi connectivity index (χ4n) is 2.08. The Morgan fingerprint density at radius 1 is 1.45 bits per heavy atom. The highest BCUT2D eigenvalue weighted by Crippen LogP contribution is 2.09. The van der Waals surface area contributed by atoms with E-state index < -0.39 is 6.04 Å². The van der Waals surface area contributed by atoms with Crippen LogP contribution in [0.1, 0.15) is 19.7 Å². The second-order valence-corrected chi connectivity index (χ2v) is 5.34. The Labute approximate surface area is 118 Å². The number of carbonyl (C=O) groups excluding carboxylic acids is 2. The highest BCUT2D eigenvalue weighted by molar-refractivity contribution is 5.87. The molecule has 0 unspecified atom stereocenters. The second kappa shape index (κ2) is 6.04. The van der Waals surface area contributed by atoms with Crippen LogP contribution in [-0.2, 0) is 22.7 Å². The molecule has 7 nitrogen and oxygen atoms in total. The van der Waals surface area contributed by atoms with Crippen molar-refractivity contribution < 1.29 is 9.59 Å². The summed E-state index contributed by atoms with van der Waals surface area (Å²) in [5, 5.41) is 2.60. The molecule has 0 saturated carbocycles. The second-order valence-electron chi connectivity index (χ2n) is 5.34. The third kappa shape index (κ3) is 3.16. The number of aromatic nitrogens is 2. The minimum absolute atomic E-state index is 0.0139.